The summed E-state index contributed by atoms with van der Waals surface area (Å²) < 4.78 is 6.89. The van der Waals surface area contributed by atoms with E-state index in [2.05, 4.69) is 10.4 Å². The molecular weight excluding hydrogens is 290 g/mol. The van der Waals surface area contributed by atoms with Crippen LogP contribution in [0.1, 0.15) is 10.4 Å². The van der Waals surface area contributed by atoms with Gasteiger partial charge in [-0.2, -0.15) is 5.10 Å². The van der Waals surface area contributed by atoms with E-state index in [4.69, 9.17) is 4.74 Å². The molecule has 0 atom stereocenters. The van der Waals surface area contributed by atoms with Gasteiger partial charge in [-0.3, -0.25) is 4.79 Å². The molecule has 116 valence electrons. The molecule has 0 aliphatic heterocycles. The fourth-order valence-electron chi connectivity index (χ4n) is 2.35. The summed E-state index contributed by atoms with van der Waals surface area (Å²) in [5, 5.41) is 7.25. The van der Waals surface area contributed by atoms with Crippen LogP contribution in [0.5, 0.6) is 5.75 Å². The van der Waals surface area contributed by atoms with Crippen LogP contribution in [-0.2, 0) is 0 Å². The van der Waals surface area contributed by atoms with E-state index in [1.807, 2.05) is 54.6 Å². The Kier molecular flexibility index (Phi) is 4.10. The summed E-state index contributed by atoms with van der Waals surface area (Å²) >= 11 is 0. The van der Waals surface area contributed by atoms with E-state index >= 15 is 0 Å². The molecule has 5 nitrogen and oxygen atoms in total. The molecule has 0 fully saturated rings. The second-order valence-corrected chi connectivity index (χ2v) is 4.98. The SMILES string of the molecule is CNC(=O)c1cn(-c2ccccc2)nc1-c1ccc(OC)cc1. The van der Waals surface area contributed by atoms with E-state index in [1.54, 1.807) is 25.0 Å². The molecule has 1 amide bonds. The van der Waals surface area contributed by atoms with Gasteiger partial charge in [-0.1, -0.05) is 18.2 Å². The van der Waals surface area contributed by atoms with Crippen LogP contribution in [-0.4, -0.2) is 29.8 Å². The van der Waals surface area contributed by atoms with Gasteiger partial charge in [-0.25, -0.2) is 4.68 Å². The maximum atomic E-state index is 12.2. The Morgan fingerprint density at radius 1 is 1.09 bits per heavy atom. The van der Waals surface area contributed by atoms with E-state index in [0.29, 0.717) is 11.3 Å². The number of hydrogen-bond acceptors (Lipinski definition) is 3. The molecule has 0 saturated heterocycles. The van der Waals surface area contributed by atoms with Gasteiger partial charge in [-0.15, -0.1) is 0 Å². The number of aromatic nitrogens is 2. The van der Waals surface area contributed by atoms with Crippen molar-refractivity contribution in [2.75, 3.05) is 14.2 Å². The van der Waals surface area contributed by atoms with Crippen molar-refractivity contribution in [1.82, 2.24) is 15.1 Å². The van der Waals surface area contributed by atoms with Crippen LogP contribution < -0.4 is 10.1 Å². The first kappa shape index (κ1) is 14.8. The van der Waals surface area contributed by atoms with Crippen LogP contribution in [0.15, 0.2) is 60.8 Å². The zero-order valence-corrected chi connectivity index (χ0v) is 13.0. The number of carbonyl (C=O) groups excluding carboxylic acids is 1. The average molecular weight is 307 g/mol. The summed E-state index contributed by atoms with van der Waals surface area (Å²) in [6, 6.07) is 17.2. The first-order chi connectivity index (χ1) is 11.2. The molecule has 0 aliphatic rings. The van der Waals surface area contributed by atoms with E-state index in [0.717, 1.165) is 17.0 Å². The Labute approximate surface area is 134 Å². The van der Waals surface area contributed by atoms with Gasteiger partial charge in [0.1, 0.15) is 11.4 Å². The third-order valence-electron chi connectivity index (χ3n) is 3.57. The molecule has 0 radical (unpaired) electrons. The smallest absolute Gasteiger partial charge is 0.254 e. The van der Waals surface area contributed by atoms with Gasteiger partial charge < -0.3 is 10.1 Å². The molecule has 3 aromatic rings. The highest BCUT2D eigenvalue weighted by Gasteiger charge is 2.17. The van der Waals surface area contributed by atoms with Crippen LogP contribution in [0.3, 0.4) is 0 Å². The lowest BCUT2D eigenvalue weighted by atomic mass is 10.1. The molecule has 23 heavy (non-hydrogen) atoms. The lowest BCUT2D eigenvalue weighted by Crippen LogP contribution is -2.17. The molecular formula is C18H17N3O2. The summed E-state index contributed by atoms with van der Waals surface area (Å²) in [4.78, 5) is 12.2. The third-order valence-corrected chi connectivity index (χ3v) is 3.57. The van der Waals surface area contributed by atoms with Crippen LogP contribution in [0.2, 0.25) is 0 Å². The van der Waals surface area contributed by atoms with Crippen molar-refractivity contribution in [2.24, 2.45) is 0 Å². The number of rotatable bonds is 4. The number of benzene rings is 2. The molecule has 5 heteroatoms. The molecule has 0 unspecified atom stereocenters. The fraction of sp³-hybridized carbons (Fsp3) is 0.111. The Morgan fingerprint density at radius 2 is 1.78 bits per heavy atom. The molecule has 0 saturated carbocycles. The first-order valence-corrected chi connectivity index (χ1v) is 7.24. The monoisotopic (exact) mass is 307 g/mol. The van der Waals surface area contributed by atoms with Crippen molar-refractivity contribution in [2.45, 2.75) is 0 Å². The zero-order valence-electron chi connectivity index (χ0n) is 13.0. The molecule has 1 heterocycles. The number of hydrogen-bond donors (Lipinski definition) is 1. The average Bonchev–Trinajstić information content (AvgIpc) is 3.07. The number of amides is 1. The van der Waals surface area contributed by atoms with Gasteiger partial charge in [-0.05, 0) is 36.4 Å². The predicted molar refractivity (Wildman–Crippen MR) is 88.9 cm³/mol. The van der Waals surface area contributed by atoms with Crippen molar-refractivity contribution in [3.05, 3.63) is 66.4 Å². The van der Waals surface area contributed by atoms with Crippen molar-refractivity contribution in [1.29, 1.82) is 0 Å². The molecule has 0 spiro atoms. The van der Waals surface area contributed by atoms with Crippen molar-refractivity contribution >= 4 is 5.91 Å². The minimum Gasteiger partial charge on any atom is -0.497 e. The quantitative estimate of drug-likeness (QED) is 0.806. The molecule has 0 aliphatic carbocycles. The van der Waals surface area contributed by atoms with Gasteiger partial charge >= 0.3 is 0 Å². The summed E-state index contributed by atoms with van der Waals surface area (Å²) in [5.74, 6) is 0.593. The highest BCUT2D eigenvalue weighted by atomic mass is 16.5. The number of nitrogens with one attached hydrogen (secondary N) is 1. The van der Waals surface area contributed by atoms with E-state index in [1.165, 1.54) is 0 Å². The molecule has 0 bridgehead atoms. The summed E-state index contributed by atoms with van der Waals surface area (Å²) in [6.45, 7) is 0. The highest BCUT2D eigenvalue weighted by molar-refractivity contribution is 5.99. The molecule has 2 aromatic carbocycles. The lowest BCUT2D eigenvalue weighted by Gasteiger charge is -2.03. The number of para-hydroxylation sites is 1. The number of methoxy groups -OCH3 is 1. The number of carbonyl (C=O) groups is 1. The normalized spacial score (nSPS) is 10.3. The Morgan fingerprint density at radius 3 is 2.39 bits per heavy atom. The third kappa shape index (κ3) is 2.94. The highest BCUT2D eigenvalue weighted by Crippen LogP contribution is 2.25. The standard InChI is InChI=1S/C18H17N3O2/c1-19-18(22)16-12-21(14-6-4-3-5-7-14)20-17(16)13-8-10-15(23-2)11-9-13/h3-12H,1-2H3,(H,19,22). The predicted octanol–water partition coefficient (Wildman–Crippen LogP) is 2.91. The second kappa shape index (κ2) is 6.36. The van der Waals surface area contributed by atoms with Crippen molar-refractivity contribution < 1.29 is 9.53 Å². The minimum absolute atomic E-state index is 0.169. The van der Waals surface area contributed by atoms with Crippen LogP contribution >= 0.6 is 0 Å². The second-order valence-electron chi connectivity index (χ2n) is 4.98. The number of nitrogens with zero attached hydrogens (tertiary/aromatic N) is 2. The molecule has 3 rings (SSSR count). The van der Waals surface area contributed by atoms with Gasteiger partial charge in [0, 0.05) is 18.8 Å². The lowest BCUT2D eigenvalue weighted by molar-refractivity contribution is 0.0963. The maximum absolute atomic E-state index is 12.2. The van der Waals surface area contributed by atoms with Gasteiger partial charge in [0.2, 0.25) is 0 Å². The summed E-state index contributed by atoms with van der Waals surface area (Å²) in [5.41, 5.74) is 2.92. The Balaban J connectivity index is 2.10. The van der Waals surface area contributed by atoms with E-state index in [9.17, 15) is 4.79 Å². The fourth-order valence-corrected chi connectivity index (χ4v) is 2.35. The maximum Gasteiger partial charge on any atom is 0.254 e. The van der Waals surface area contributed by atoms with Crippen LogP contribution in [0.25, 0.3) is 16.9 Å². The van der Waals surface area contributed by atoms with Gasteiger partial charge in [0.15, 0.2) is 0 Å². The zero-order chi connectivity index (χ0) is 16.2. The topological polar surface area (TPSA) is 56.2 Å². The van der Waals surface area contributed by atoms with E-state index in [-0.39, 0.29) is 5.91 Å². The molecule has 1 aromatic heterocycles. The first-order valence-electron chi connectivity index (χ1n) is 7.24. The van der Waals surface area contributed by atoms with Crippen LogP contribution in [0.4, 0.5) is 0 Å². The number of ether oxygens (including phenoxy) is 1. The Bertz CT molecular complexity index is 808. The van der Waals surface area contributed by atoms with Crippen LogP contribution in [0, 0.1) is 0 Å². The van der Waals surface area contributed by atoms with E-state index < -0.39 is 0 Å². The van der Waals surface area contributed by atoms with Crippen molar-refractivity contribution in [3.63, 3.8) is 0 Å². The van der Waals surface area contributed by atoms with Crippen molar-refractivity contribution in [3.8, 4) is 22.7 Å². The summed E-state index contributed by atoms with van der Waals surface area (Å²) in [6.07, 6.45) is 1.74. The molecule has 1 N–H and O–H groups in total. The Hall–Kier alpha value is -3.08. The minimum atomic E-state index is -0.169. The van der Waals surface area contributed by atoms with Gasteiger partial charge in [0.25, 0.3) is 5.91 Å². The summed E-state index contributed by atoms with van der Waals surface area (Å²) in [7, 11) is 3.23. The van der Waals surface area contributed by atoms with Gasteiger partial charge in [0.05, 0.1) is 18.4 Å². The largest absolute Gasteiger partial charge is 0.497 e.